The van der Waals surface area contributed by atoms with Crippen LogP contribution in [0.3, 0.4) is 0 Å². The molecule has 2 aromatic carbocycles. The van der Waals surface area contributed by atoms with Crippen molar-refractivity contribution in [2.24, 2.45) is 0 Å². The van der Waals surface area contributed by atoms with Gasteiger partial charge in [-0.1, -0.05) is 48.0 Å². The summed E-state index contributed by atoms with van der Waals surface area (Å²) < 4.78 is 1.97. The Morgan fingerprint density at radius 2 is 1.82 bits per heavy atom. The van der Waals surface area contributed by atoms with E-state index in [1.54, 1.807) is 0 Å². The molecule has 0 unspecified atom stereocenters. The second-order valence-corrected chi connectivity index (χ2v) is 7.78. The Morgan fingerprint density at radius 3 is 2.61 bits per heavy atom. The molecule has 0 N–H and O–H groups in total. The van der Waals surface area contributed by atoms with Crippen LogP contribution in [0, 0.1) is 13.8 Å². The van der Waals surface area contributed by atoms with Crippen LogP contribution >= 0.6 is 0 Å². The zero-order chi connectivity index (χ0) is 19.5. The van der Waals surface area contributed by atoms with Crippen LogP contribution in [0.4, 0.5) is 0 Å². The first-order chi connectivity index (χ1) is 13.6. The monoisotopic (exact) mass is 376 g/mol. The summed E-state index contributed by atoms with van der Waals surface area (Å²) in [6.07, 6.45) is 2.39. The van der Waals surface area contributed by atoms with Crippen LogP contribution in [0.2, 0.25) is 0 Å². The summed E-state index contributed by atoms with van der Waals surface area (Å²) in [6, 6.07) is 14.9. The van der Waals surface area contributed by atoms with Crippen LogP contribution < -0.4 is 0 Å². The third-order valence-electron chi connectivity index (χ3n) is 5.61. The minimum atomic E-state index is 0.229. The van der Waals surface area contributed by atoms with E-state index >= 15 is 0 Å². The van der Waals surface area contributed by atoms with Crippen LogP contribution in [0.15, 0.2) is 48.7 Å². The molecule has 0 saturated carbocycles. The van der Waals surface area contributed by atoms with Gasteiger partial charge in [-0.25, -0.2) is 0 Å². The number of aryl methyl sites for hydroxylation is 3. The Balaban J connectivity index is 1.29. The largest absolute Gasteiger partial charge is 0.340 e. The van der Waals surface area contributed by atoms with Gasteiger partial charge in [-0.2, -0.15) is 5.10 Å². The van der Waals surface area contributed by atoms with Crippen molar-refractivity contribution in [1.29, 1.82) is 0 Å². The number of benzene rings is 2. The zero-order valence-corrected chi connectivity index (χ0v) is 16.8. The van der Waals surface area contributed by atoms with Crippen molar-refractivity contribution >= 4 is 16.8 Å². The highest BCUT2D eigenvalue weighted by Crippen LogP contribution is 2.18. The number of para-hydroxylation sites is 1. The molecule has 1 saturated heterocycles. The third kappa shape index (κ3) is 4.09. The first-order valence-corrected chi connectivity index (χ1v) is 10.1. The van der Waals surface area contributed by atoms with Gasteiger partial charge in [0.2, 0.25) is 5.91 Å². The molecular formula is C23H28N4O. The maximum absolute atomic E-state index is 12.7. The quantitative estimate of drug-likeness (QED) is 0.685. The van der Waals surface area contributed by atoms with E-state index in [2.05, 4.69) is 60.2 Å². The lowest BCUT2D eigenvalue weighted by Gasteiger charge is -2.35. The Hall–Kier alpha value is -2.66. The molecule has 4 rings (SSSR count). The minimum absolute atomic E-state index is 0.229. The highest BCUT2D eigenvalue weighted by atomic mass is 16.2. The molecule has 1 aliphatic heterocycles. The molecule has 5 heteroatoms. The molecule has 0 radical (unpaired) electrons. The lowest BCUT2D eigenvalue weighted by Crippen LogP contribution is -2.48. The van der Waals surface area contributed by atoms with E-state index in [4.69, 9.17) is 0 Å². The highest BCUT2D eigenvalue weighted by Gasteiger charge is 2.21. The number of aromatic nitrogens is 2. The average Bonchev–Trinajstić information content (AvgIpc) is 3.11. The van der Waals surface area contributed by atoms with Crippen molar-refractivity contribution in [3.8, 4) is 0 Å². The minimum Gasteiger partial charge on any atom is -0.340 e. The summed E-state index contributed by atoms with van der Waals surface area (Å²) in [6.45, 7) is 9.30. The summed E-state index contributed by atoms with van der Waals surface area (Å²) in [7, 11) is 0. The van der Waals surface area contributed by atoms with E-state index in [9.17, 15) is 4.79 Å². The van der Waals surface area contributed by atoms with Gasteiger partial charge >= 0.3 is 0 Å². The Bertz CT molecular complexity index is 970. The molecule has 2 heterocycles. The average molecular weight is 377 g/mol. The van der Waals surface area contributed by atoms with Crippen LogP contribution in [-0.4, -0.2) is 51.7 Å². The molecule has 1 aliphatic rings. The predicted molar refractivity (Wildman–Crippen MR) is 112 cm³/mol. The molecule has 1 amide bonds. The molecule has 3 aromatic rings. The lowest BCUT2D eigenvalue weighted by atomic mass is 10.1. The smallest absolute Gasteiger partial charge is 0.224 e. The number of carbonyl (C=O) groups is 1. The molecule has 0 spiro atoms. The highest BCUT2D eigenvalue weighted by molar-refractivity contribution is 5.82. The lowest BCUT2D eigenvalue weighted by molar-refractivity contribution is -0.133. The molecule has 0 bridgehead atoms. The first kappa shape index (κ1) is 18.7. The fourth-order valence-electron chi connectivity index (χ4n) is 4.08. The molecule has 1 aromatic heterocycles. The number of hydrogen-bond acceptors (Lipinski definition) is 3. The standard InChI is InChI=1S/C23H28N4O/c1-18-5-3-7-20(15-18)17-25-11-13-26(14-12-25)22(28)9-10-27-23-19(2)6-4-8-21(23)16-24-27/h3-8,15-16H,9-14,17H2,1-2H3. The number of amides is 1. The third-order valence-corrected chi connectivity index (χ3v) is 5.61. The Kier molecular flexibility index (Phi) is 5.44. The van der Waals surface area contributed by atoms with Crippen molar-refractivity contribution in [3.05, 3.63) is 65.4 Å². The molecule has 0 atom stereocenters. The van der Waals surface area contributed by atoms with Gasteiger partial charge in [-0.15, -0.1) is 0 Å². The van der Waals surface area contributed by atoms with Gasteiger partial charge < -0.3 is 4.90 Å². The zero-order valence-electron chi connectivity index (χ0n) is 16.8. The van der Waals surface area contributed by atoms with E-state index < -0.39 is 0 Å². The summed E-state index contributed by atoms with van der Waals surface area (Å²) in [5.74, 6) is 0.229. The summed E-state index contributed by atoms with van der Waals surface area (Å²) in [5, 5.41) is 5.61. The molecule has 1 fully saturated rings. The second-order valence-electron chi connectivity index (χ2n) is 7.78. The molecule has 28 heavy (non-hydrogen) atoms. The Labute approximate surface area is 166 Å². The topological polar surface area (TPSA) is 41.4 Å². The van der Waals surface area contributed by atoms with Gasteiger partial charge in [0.25, 0.3) is 0 Å². The van der Waals surface area contributed by atoms with E-state index in [0.717, 1.165) is 43.6 Å². The van der Waals surface area contributed by atoms with Gasteiger partial charge in [0.05, 0.1) is 18.3 Å². The molecule has 146 valence electrons. The van der Waals surface area contributed by atoms with Gasteiger partial charge in [0.1, 0.15) is 0 Å². The van der Waals surface area contributed by atoms with Crippen molar-refractivity contribution < 1.29 is 4.79 Å². The van der Waals surface area contributed by atoms with Crippen LogP contribution in [0.1, 0.15) is 23.1 Å². The molecule has 5 nitrogen and oxygen atoms in total. The summed E-state index contributed by atoms with van der Waals surface area (Å²) in [5.41, 5.74) is 4.99. The number of nitrogens with zero attached hydrogens (tertiary/aromatic N) is 4. The van der Waals surface area contributed by atoms with Crippen molar-refractivity contribution in [3.63, 3.8) is 0 Å². The predicted octanol–water partition coefficient (Wildman–Crippen LogP) is 3.39. The van der Waals surface area contributed by atoms with Crippen molar-refractivity contribution in [2.75, 3.05) is 26.2 Å². The molecular weight excluding hydrogens is 348 g/mol. The van der Waals surface area contributed by atoms with E-state index in [1.165, 1.54) is 16.7 Å². The maximum atomic E-state index is 12.7. The van der Waals surface area contributed by atoms with Gasteiger partial charge in [0.15, 0.2) is 0 Å². The van der Waals surface area contributed by atoms with E-state index in [0.29, 0.717) is 13.0 Å². The molecule has 0 aliphatic carbocycles. The summed E-state index contributed by atoms with van der Waals surface area (Å²) in [4.78, 5) is 17.1. The number of piperazine rings is 1. The van der Waals surface area contributed by atoms with Gasteiger partial charge in [0, 0.05) is 44.5 Å². The number of carbonyl (C=O) groups excluding carboxylic acids is 1. The van der Waals surface area contributed by atoms with Crippen LogP contribution in [0.5, 0.6) is 0 Å². The normalized spacial score (nSPS) is 15.3. The van der Waals surface area contributed by atoms with Gasteiger partial charge in [-0.3, -0.25) is 14.4 Å². The van der Waals surface area contributed by atoms with Crippen molar-refractivity contribution in [2.45, 2.75) is 33.4 Å². The Morgan fingerprint density at radius 1 is 1.04 bits per heavy atom. The number of rotatable bonds is 5. The van der Waals surface area contributed by atoms with Crippen LogP contribution in [0.25, 0.3) is 10.9 Å². The fourth-order valence-corrected chi connectivity index (χ4v) is 4.08. The second kappa shape index (κ2) is 8.15. The number of hydrogen-bond donors (Lipinski definition) is 0. The van der Waals surface area contributed by atoms with Crippen molar-refractivity contribution in [1.82, 2.24) is 19.6 Å². The summed E-state index contributed by atoms with van der Waals surface area (Å²) >= 11 is 0. The van der Waals surface area contributed by atoms with E-state index in [1.807, 2.05) is 21.8 Å². The SMILES string of the molecule is Cc1cccc(CN2CCN(C(=O)CCn3ncc4cccc(C)c43)CC2)c1. The first-order valence-electron chi connectivity index (χ1n) is 10.1. The maximum Gasteiger partial charge on any atom is 0.224 e. The van der Waals surface area contributed by atoms with E-state index in [-0.39, 0.29) is 5.91 Å². The van der Waals surface area contributed by atoms with Gasteiger partial charge in [-0.05, 0) is 25.0 Å². The van der Waals surface area contributed by atoms with Crippen LogP contribution in [-0.2, 0) is 17.9 Å². The fraction of sp³-hybridized carbons (Fsp3) is 0.391. The number of fused-ring (bicyclic) bond motifs is 1.